The molecular formula is C15H19N3O2S. The number of aromatic nitrogens is 1. The van der Waals surface area contributed by atoms with Crippen LogP contribution in [0.25, 0.3) is 10.9 Å². The van der Waals surface area contributed by atoms with E-state index in [1.807, 2.05) is 12.1 Å². The predicted molar refractivity (Wildman–Crippen MR) is 83.9 cm³/mol. The largest absolute Gasteiger partial charge is 0.370 e. The molecule has 0 radical (unpaired) electrons. The van der Waals surface area contributed by atoms with Gasteiger partial charge in [-0.1, -0.05) is 6.92 Å². The molecule has 1 aliphatic carbocycles. The van der Waals surface area contributed by atoms with Gasteiger partial charge in [0.05, 0.1) is 10.4 Å². The summed E-state index contributed by atoms with van der Waals surface area (Å²) in [6, 6.07) is 8.94. The van der Waals surface area contributed by atoms with Crippen LogP contribution in [0.1, 0.15) is 26.2 Å². The maximum absolute atomic E-state index is 12.2. The van der Waals surface area contributed by atoms with E-state index in [2.05, 4.69) is 21.9 Å². The first-order chi connectivity index (χ1) is 10.1. The number of anilines is 1. The third-order valence-corrected chi connectivity index (χ3v) is 4.94. The van der Waals surface area contributed by atoms with Crippen LogP contribution in [0.2, 0.25) is 0 Å². The molecule has 0 amide bonds. The van der Waals surface area contributed by atoms with Gasteiger partial charge < -0.3 is 5.32 Å². The molecule has 0 spiro atoms. The van der Waals surface area contributed by atoms with Gasteiger partial charge in [0.15, 0.2) is 0 Å². The predicted octanol–water partition coefficient (Wildman–Crippen LogP) is 2.50. The molecule has 6 heteroatoms. The van der Waals surface area contributed by atoms with Gasteiger partial charge in [0.1, 0.15) is 5.82 Å². The lowest BCUT2D eigenvalue weighted by Gasteiger charge is -2.08. The molecule has 1 fully saturated rings. The number of sulfonamides is 1. The molecule has 0 saturated heterocycles. The van der Waals surface area contributed by atoms with E-state index in [1.54, 1.807) is 18.2 Å². The van der Waals surface area contributed by atoms with Gasteiger partial charge in [-0.15, -0.1) is 0 Å². The highest BCUT2D eigenvalue weighted by molar-refractivity contribution is 7.89. The molecule has 1 aromatic heterocycles. The second-order valence-electron chi connectivity index (χ2n) is 5.37. The summed E-state index contributed by atoms with van der Waals surface area (Å²) < 4.78 is 27.1. The van der Waals surface area contributed by atoms with Crippen LogP contribution >= 0.6 is 0 Å². The molecule has 1 aromatic carbocycles. The fourth-order valence-corrected chi connectivity index (χ4v) is 3.45. The van der Waals surface area contributed by atoms with Crippen molar-refractivity contribution in [2.45, 2.75) is 37.1 Å². The van der Waals surface area contributed by atoms with Crippen molar-refractivity contribution in [2.24, 2.45) is 0 Å². The van der Waals surface area contributed by atoms with E-state index in [9.17, 15) is 8.42 Å². The summed E-state index contributed by atoms with van der Waals surface area (Å²) >= 11 is 0. The normalized spacial score (nSPS) is 15.3. The first-order valence-electron chi connectivity index (χ1n) is 7.25. The molecule has 21 heavy (non-hydrogen) atoms. The van der Waals surface area contributed by atoms with E-state index in [0.29, 0.717) is 4.90 Å². The monoisotopic (exact) mass is 305 g/mol. The molecule has 3 rings (SSSR count). The quantitative estimate of drug-likeness (QED) is 0.860. The number of nitrogens with one attached hydrogen (secondary N) is 2. The number of hydrogen-bond donors (Lipinski definition) is 2. The Kier molecular flexibility index (Phi) is 3.82. The highest BCUT2D eigenvalue weighted by atomic mass is 32.2. The minimum atomic E-state index is -3.41. The van der Waals surface area contributed by atoms with Gasteiger partial charge in [-0.05, 0) is 49.6 Å². The molecule has 1 heterocycles. The first kappa shape index (κ1) is 14.3. The Morgan fingerprint density at radius 3 is 2.76 bits per heavy atom. The molecule has 2 aromatic rings. The number of rotatable bonds is 6. The number of hydrogen-bond acceptors (Lipinski definition) is 4. The molecule has 0 aliphatic heterocycles. The molecule has 0 bridgehead atoms. The minimum absolute atomic E-state index is 0.115. The summed E-state index contributed by atoms with van der Waals surface area (Å²) in [6.45, 7) is 2.97. The van der Waals surface area contributed by atoms with Gasteiger partial charge in [0.2, 0.25) is 10.0 Å². The van der Waals surface area contributed by atoms with Gasteiger partial charge in [-0.2, -0.15) is 0 Å². The van der Waals surface area contributed by atoms with Crippen molar-refractivity contribution >= 4 is 26.7 Å². The van der Waals surface area contributed by atoms with E-state index < -0.39 is 10.0 Å². The smallest absolute Gasteiger partial charge is 0.240 e. The minimum Gasteiger partial charge on any atom is -0.370 e. The SMILES string of the molecule is CCCNc1ccc2cc(S(=O)(=O)NC3CC3)ccc2n1. The molecule has 2 N–H and O–H groups in total. The number of benzene rings is 1. The molecule has 112 valence electrons. The van der Waals surface area contributed by atoms with Crippen LogP contribution < -0.4 is 10.0 Å². The maximum atomic E-state index is 12.2. The van der Waals surface area contributed by atoms with Crippen LogP contribution in [0.15, 0.2) is 35.2 Å². The third kappa shape index (κ3) is 3.33. The summed E-state index contributed by atoms with van der Waals surface area (Å²) in [5.74, 6) is 0.816. The Hall–Kier alpha value is -1.66. The van der Waals surface area contributed by atoms with E-state index >= 15 is 0 Å². The summed E-state index contributed by atoms with van der Waals surface area (Å²) in [4.78, 5) is 4.79. The van der Waals surface area contributed by atoms with E-state index in [4.69, 9.17) is 0 Å². The van der Waals surface area contributed by atoms with Crippen molar-refractivity contribution in [3.63, 3.8) is 0 Å². The van der Waals surface area contributed by atoms with E-state index in [0.717, 1.165) is 42.5 Å². The highest BCUT2D eigenvalue weighted by Crippen LogP contribution is 2.24. The Morgan fingerprint density at radius 2 is 2.05 bits per heavy atom. The fraction of sp³-hybridized carbons (Fsp3) is 0.400. The fourth-order valence-electron chi connectivity index (χ4n) is 2.11. The van der Waals surface area contributed by atoms with Gasteiger partial charge in [-0.25, -0.2) is 18.1 Å². The second-order valence-corrected chi connectivity index (χ2v) is 7.09. The van der Waals surface area contributed by atoms with Crippen LogP contribution in [0, 0.1) is 0 Å². The lowest BCUT2D eigenvalue weighted by molar-refractivity contribution is 0.581. The zero-order chi connectivity index (χ0) is 14.9. The summed E-state index contributed by atoms with van der Waals surface area (Å²) in [5, 5.41) is 4.05. The molecule has 5 nitrogen and oxygen atoms in total. The second kappa shape index (κ2) is 5.61. The summed E-state index contributed by atoms with van der Waals surface area (Å²) in [6.07, 6.45) is 2.89. The molecule has 1 saturated carbocycles. The summed E-state index contributed by atoms with van der Waals surface area (Å²) in [7, 11) is -3.41. The average molecular weight is 305 g/mol. The van der Waals surface area contributed by atoms with Crippen LogP contribution in [0.3, 0.4) is 0 Å². The lowest BCUT2D eigenvalue weighted by atomic mass is 10.2. The molecule has 1 aliphatic rings. The van der Waals surface area contributed by atoms with E-state index in [1.165, 1.54) is 0 Å². The van der Waals surface area contributed by atoms with Crippen LogP contribution in [-0.2, 0) is 10.0 Å². The van der Waals surface area contributed by atoms with Gasteiger partial charge in [0, 0.05) is 18.0 Å². The van der Waals surface area contributed by atoms with E-state index in [-0.39, 0.29) is 6.04 Å². The van der Waals surface area contributed by atoms with Gasteiger partial charge in [-0.3, -0.25) is 0 Å². The van der Waals surface area contributed by atoms with Crippen molar-refractivity contribution in [1.82, 2.24) is 9.71 Å². The zero-order valence-corrected chi connectivity index (χ0v) is 12.8. The number of nitrogens with zero attached hydrogens (tertiary/aromatic N) is 1. The Balaban J connectivity index is 1.89. The van der Waals surface area contributed by atoms with Crippen LogP contribution in [0.4, 0.5) is 5.82 Å². The van der Waals surface area contributed by atoms with Crippen molar-refractivity contribution in [1.29, 1.82) is 0 Å². The highest BCUT2D eigenvalue weighted by Gasteiger charge is 2.28. The van der Waals surface area contributed by atoms with Crippen LogP contribution in [-0.4, -0.2) is 26.0 Å². The summed E-state index contributed by atoms with van der Waals surface area (Å²) in [5.41, 5.74) is 0.793. The van der Waals surface area contributed by atoms with Crippen molar-refractivity contribution in [3.05, 3.63) is 30.3 Å². The van der Waals surface area contributed by atoms with Crippen LogP contribution in [0.5, 0.6) is 0 Å². The number of fused-ring (bicyclic) bond motifs is 1. The Morgan fingerprint density at radius 1 is 1.24 bits per heavy atom. The van der Waals surface area contributed by atoms with Crippen molar-refractivity contribution in [2.75, 3.05) is 11.9 Å². The topological polar surface area (TPSA) is 71.1 Å². The molecule has 0 unspecified atom stereocenters. The molecule has 0 atom stereocenters. The molecular weight excluding hydrogens is 286 g/mol. The average Bonchev–Trinajstić information content (AvgIpc) is 3.27. The zero-order valence-electron chi connectivity index (χ0n) is 12.0. The van der Waals surface area contributed by atoms with Gasteiger partial charge >= 0.3 is 0 Å². The lowest BCUT2D eigenvalue weighted by Crippen LogP contribution is -2.25. The van der Waals surface area contributed by atoms with Gasteiger partial charge in [0.25, 0.3) is 0 Å². The number of pyridine rings is 1. The third-order valence-electron chi connectivity index (χ3n) is 3.43. The van der Waals surface area contributed by atoms with Crippen molar-refractivity contribution in [3.8, 4) is 0 Å². The Bertz CT molecular complexity index is 755. The van der Waals surface area contributed by atoms with Crippen molar-refractivity contribution < 1.29 is 8.42 Å². The standard InChI is InChI=1S/C15H19N3O2S/c1-2-9-16-15-8-3-11-10-13(6-7-14(11)17-15)21(19,20)18-12-4-5-12/h3,6-8,10,12,18H,2,4-5,9H2,1H3,(H,16,17). The first-order valence-corrected chi connectivity index (χ1v) is 8.74. The Labute approximate surface area is 124 Å². The maximum Gasteiger partial charge on any atom is 0.240 e.